The highest BCUT2D eigenvalue weighted by atomic mass is 32.2. The number of anilines is 2. The quantitative estimate of drug-likeness (QED) is 0.674. The van der Waals surface area contributed by atoms with Crippen LogP contribution in [0.2, 0.25) is 0 Å². The molecule has 5 heteroatoms. The lowest BCUT2D eigenvalue weighted by atomic mass is 10.2. The molecule has 0 amide bonds. The zero-order chi connectivity index (χ0) is 13.2. The van der Waals surface area contributed by atoms with E-state index in [1.165, 1.54) is 25.0 Å². The van der Waals surface area contributed by atoms with E-state index >= 15 is 0 Å². The molecule has 0 radical (unpaired) electrons. The van der Waals surface area contributed by atoms with Crippen molar-refractivity contribution >= 4 is 23.4 Å². The molecule has 0 aromatic carbocycles. The first-order valence-corrected chi connectivity index (χ1v) is 7.97. The van der Waals surface area contributed by atoms with E-state index in [0.29, 0.717) is 0 Å². The summed E-state index contributed by atoms with van der Waals surface area (Å²) in [7, 11) is 0. The molecule has 0 atom stereocenters. The number of rotatable bonds is 9. The highest BCUT2D eigenvalue weighted by Gasteiger charge is 2.04. The molecule has 0 fully saturated rings. The molecule has 0 bridgehead atoms. The minimum atomic E-state index is 0.881. The summed E-state index contributed by atoms with van der Waals surface area (Å²) in [5, 5.41) is 6.63. The Bertz CT molecular complexity index is 344. The standard InChI is InChI=1S/C13H24N4S/c1-4-14-12-11(2)13(17-10-16-12)15-8-6-5-7-9-18-3/h10H,4-9H2,1-3H3,(H2,14,15,16,17). The Kier molecular flexibility index (Phi) is 7.57. The maximum absolute atomic E-state index is 4.29. The van der Waals surface area contributed by atoms with Crippen LogP contribution in [0.1, 0.15) is 31.7 Å². The van der Waals surface area contributed by atoms with E-state index in [-0.39, 0.29) is 0 Å². The lowest BCUT2D eigenvalue weighted by Crippen LogP contribution is -2.09. The molecule has 18 heavy (non-hydrogen) atoms. The fourth-order valence-electron chi connectivity index (χ4n) is 1.73. The van der Waals surface area contributed by atoms with Crippen LogP contribution in [-0.2, 0) is 0 Å². The number of aromatic nitrogens is 2. The molecule has 1 aromatic rings. The number of nitrogens with one attached hydrogen (secondary N) is 2. The van der Waals surface area contributed by atoms with Gasteiger partial charge in [-0.3, -0.25) is 0 Å². The van der Waals surface area contributed by atoms with Crippen LogP contribution >= 0.6 is 11.8 Å². The van der Waals surface area contributed by atoms with Gasteiger partial charge in [-0.15, -0.1) is 0 Å². The Balaban J connectivity index is 2.35. The van der Waals surface area contributed by atoms with E-state index in [4.69, 9.17) is 0 Å². The molecule has 4 nitrogen and oxygen atoms in total. The summed E-state index contributed by atoms with van der Waals surface area (Å²) >= 11 is 1.92. The molecule has 2 N–H and O–H groups in total. The first kappa shape index (κ1) is 15.1. The van der Waals surface area contributed by atoms with Crippen molar-refractivity contribution in [2.75, 3.05) is 35.7 Å². The van der Waals surface area contributed by atoms with Gasteiger partial charge in [0.25, 0.3) is 0 Å². The maximum atomic E-state index is 4.29. The molecule has 1 heterocycles. The fourth-order valence-corrected chi connectivity index (χ4v) is 2.22. The van der Waals surface area contributed by atoms with Crippen molar-refractivity contribution in [3.05, 3.63) is 11.9 Å². The predicted molar refractivity (Wildman–Crippen MR) is 81.7 cm³/mol. The Morgan fingerprint density at radius 3 is 2.50 bits per heavy atom. The van der Waals surface area contributed by atoms with Gasteiger partial charge in [-0.05, 0) is 38.7 Å². The van der Waals surface area contributed by atoms with Crippen molar-refractivity contribution in [2.24, 2.45) is 0 Å². The second-order valence-electron chi connectivity index (χ2n) is 4.21. The summed E-state index contributed by atoms with van der Waals surface area (Å²) in [5.74, 6) is 3.14. The second-order valence-corrected chi connectivity index (χ2v) is 5.19. The molecule has 0 aliphatic carbocycles. The van der Waals surface area contributed by atoms with Gasteiger partial charge in [0, 0.05) is 18.7 Å². The van der Waals surface area contributed by atoms with Crippen molar-refractivity contribution in [3.63, 3.8) is 0 Å². The highest BCUT2D eigenvalue weighted by Crippen LogP contribution is 2.17. The van der Waals surface area contributed by atoms with E-state index in [0.717, 1.165) is 30.3 Å². The summed E-state index contributed by atoms with van der Waals surface area (Å²) in [6.45, 7) is 5.98. The van der Waals surface area contributed by atoms with Crippen LogP contribution in [0.25, 0.3) is 0 Å². The van der Waals surface area contributed by atoms with Crippen LogP contribution in [-0.4, -0.2) is 35.1 Å². The third-order valence-electron chi connectivity index (χ3n) is 2.75. The van der Waals surface area contributed by atoms with Gasteiger partial charge >= 0.3 is 0 Å². The molecular formula is C13H24N4S. The molecule has 0 aliphatic rings. The molecule has 1 rings (SSSR count). The second kappa shape index (κ2) is 9.03. The van der Waals surface area contributed by atoms with E-state index < -0.39 is 0 Å². The lowest BCUT2D eigenvalue weighted by molar-refractivity contribution is 0.747. The van der Waals surface area contributed by atoms with Crippen molar-refractivity contribution in [1.82, 2.24) is 9.97 Å². The predicted octanol–water partition coefficient (Wildman–Crippen LogP) is 3.16. The summed E-state index contributed by atoms with van der Waals surface area (Å²) in [5.41, 5.74) is 1.10. The Morgan fingerprint density at radius 1 is 1.11 bits per heavy atom. The van der Waals surface area contributed by atoms with Gasteiger partial charge < -0.3 is 10.6 Å². The number of hydrogen-bond acceptors (Lipinski definition) is 5. The van der Waals surface area contributed by atoms with Gasteiger partial charge in [0.05, 0.1) is 0 Å². The van der Waals surface area contributed by atoms with Gasteiger partial charge in [0.15, 0.2) is 0 Å². The van der Waals surface area contributed by atoms with Crippen molar-refractivity contribution in [2.45, 2.75) is 33.1 Å². The largest absolute Gasteiger partial charge is 0.370 e. The van der Waals surface area contributed by atoms with Crippen molar-refractivity contribution in [3.8, 4) is 0 Å². The average Bonchev–Trinajstić information content (AvgIpc) is 2.38. The first-order valence-electron chi connectivity index (χ1n) is 6.57. The molecule has 0 saturated carbocycles. The normalized spacial score (nSPS) is 10.4. The van der Waals surface area contributed by atoms with Crippen molar-refractivity contribution < 1.29 is 0 Å². The molecule has 1 aromatic heterocycles. The highest BCUT2D eigenvalue weighted by molar-refractivity contribution is 7.98. The van der Waals surface area contributed by atoms with E-state index in [2.05, 4.69) is 33.8 Å². The van der Waals surface area contributed by atoms with Crippen LogP contribution in [0.4, 0.5) is 11.6 Å². The third-order valence-corrected chi connectivity index (χ3v) is 3.44. The SMILES string of the molecule is CCNc1ncnc(NCCCCCSC)c1C. The van der Waals surface area contributed by atoms with Gasteiger partial charge in [-0.25, -0.2) is 9.97 Å². The van der Waals surface area contributed by atoms with E-state index in [9.17, 15) is 0 Å². The molecular weight excluding hydrogens is 244 g/mol. The molecule has 0 spiro atoms. The number of thioether (sulfide) groups is 1. The van der Waals surface area contributed by atoms with Crippen LogP contribution in [0.5, 0.6) is 0 Å². The lowest BCUT2D eigenvalue weighted by Gasteiger charge is -2.11. The van der Waals surface area contributed by atoms with E-state index in [1.54, 1.807) is 6.33 Å². The van der Waals surface area contributed by atoms with Crippen LogP contribution in [0.3, 0.4) is 0 Å². The smallest absolute Gasteiger partial charge is 0.134 e. The minimum absolute atomic E-state index is 0.881. The van der Waals surface area contributed by atoms with Gasteiger partial charge in [0.1, 0.15) is 18.0 Å². The van der Waals surface area contributed by atoms with Crippen LogP contribution in [0, 0.1) is 6.92 Å². The summed E-state index contributed by atoms with van der Waals surface area (Å²) < 4.78 is 0. The summed E-state index contributed by atoms with van der Waals surface area (Å²) in [6.07, 6.45) is 7.54. The zero-order valence-corrected chi connectivity index (χ0v) is 12.4. The third kappa shape index (κ3) is 5.12. The molecule has 0 aliphatic heterocycles. The molecule has 102 valence electrons. The van der Waals surface area contributed by atoms with Gasteiger partial charge in [-0.2, -0.15) is 11.8 Å². The summed E-state index contributed by atoms with van der Waals surface area (Å²) in [6, 6.07) is 0. The average molecular weight is 268 g/mol. The molecule has 0 saturated heterocycles. The fraction of sp³-hybridized carbons (Fsp3) is 0.692. The monoisotopic (exact) mass is 268 g/mol. The Morgan fingerprint density at radius 2 is 1.83 bits per heavy atom. The first-order chi connectivity index (χ1) is 8.79. The topological polar surface area (TPSA) is 49.8 Å². The molecule has 0 unspecified atom stereocenters. The van der Waals surface area contributed by atoms with E-state index in [1.807, 2.05) is 18.7 Å². The zero-order valence-electron chi connectivity index (χ0n) is 11.6. The Hall–Kier alpha value is -0.970. The van der Waals surface area contributed by atoms with Gasteiger partial charge in [0.2, 0.25) is 0 Å². The van der Waals surface area contributed by atoms with Gasteiger partial charge in [-0.1, -0.05) is 6.42 Å². The summed E-state index contributed by atoms with van der Waals surface area (Å²) in [4.78, 5) is 8.52. The van der Waals surface area contributed by atoms with Crippen LogP contribution in [0.15, 0.2) is 6.33 Å². The van der Waals surface area contributed by atoms with Crippen LogP contribution < -0.4 is 10.6 Å². The Labute approximate surface area is 114 Å². The number of hydrogen-bond donors (Lipinski definition) is 2. The van der Waals surface area contributed by atoms with Crippen molar-refractivity contribution in [1.29, 1.82) is 0 Å². The minimum Gasteiger partial charge on any atom is -0.370 e. The number of unbranched alkanes of at least 4 members (excludes halogenated alkanes) is 2. The maximum Gasteiger partial charge on any atom is 0.134 e. The number of nitrogens with zero attached hydrogens (tertiary/aromatic N) is 2.